The molecule has 0 heterocycles. The van der Waals surface area contributed by atoms with Gasteiger partial charge in [0.1, 0.15) is 0 Å². The third-order valence-electron chi connectivity index (χ3n) is 0.260. The molecular formula is C3H3F3Ni. The van der Waals surface area contributed by atoms with Crippen LogP contribution in [0.5, 0.6) is 0 Å². The van der Waals surface area contributed by atoms with E-state index >= 15 is 0 Å². The molecule has 0 spiro atoms. The van der Waals surface area contributed by atoms with E-state index in [1.54, 1.807) is 0 Å². The monoisotopic (exact) mass is 154 g/mol. The van der Waals surface area contributed by atoms with Crippen molar-refractivity contribution in [2.75, 3.05) is 0 Å². The molecule has 46 valence electrons. The van der Waals surface area contributed by atoms with E-state index in [0.717, 1.165) is 0 Å². The Morgan fingerprint density at radius 3 is 1.29 bits per heavy atom. The first-order valence-electron chi connectivity index (χ1n) is 1.32. The number of hydrogen-bond donors (Lipinski definition) is 0. The van der Waals surface area contributed by atoms with E-state index < -0.39 is 11.9 Å². The van der Waals surface area contributed by atoms with Crippen LogP contribution in [0.4, 0.5) is 13.2 Å². The average molecular weight is 155 g/mol. The van der Waals surface area contributed by atoms with Gasteiger partial charge in [0, 0.05) is 16.5 Å². The molecule has 0 aliphatic heterocycles. The van der Waals surface area contributed by atoms with Gasteiger partial charge in [0.25, 0.3) is 0 Å². The van der Waals surface area contributed by atoms with Crippen LogP contribution in [0.3, 0.4) is 0 Å². The summed E-state index contributed by atoms with van der Waals surface area (Å²) in [6.45, 7) is 0.704. The molecule has 0 unspecified atom stereocenters. The topological polar surface area (TPSA) is 0 Å². The van der Waals surface area contributed by atoms with Crippen molar-refractivity contribution < 1.29 is 29.7 Å². The molecule has 4 heteroatoms. The Labute approximate surface area is 49.3 Å². The van der Waals surface area contributed by atoms with E-state index in [4.69, 9.17) is 0 Å². The minimum Gasteiger partial charge on any atom is -0.206 e. The minimum atomic E-state index is -2.24. The summed E-state index contributed by atoms with van der Waals surface area (Å²) in [7, 11) is 0. The molecule has 0 saturated heterocycles. The summed E-state index contributed by atoms with van der Waals surface area (Å²) < 4.78 is 32.3. The molecule has 0 amide bonds. The quantitative estimate of drug-likeness (QED) is 0.469. The Balaban J connectivity index is 0. The van der Waals surface area contributed by atoms with Crippen molar-refractivity contribution in [2.24, 2.45) is 0 Å². The van der Waals surface area contributed by atoms with Gasteiger partial charge in [-0.25, -0.2) is 4.39 Å². The number of hydrogen-bond acceptors (Lipinski definition) is 0. The maximum Gasteiger partial charge on any atom is 0.301 e. The van der Waals surface area contributed by atoms with Crippen molar-refractivity contribution in [3.05, 3.63) is 11.9 Å². The van der Waals surface area contributed by atoms with Crippen LogP contribution >= 0.6 is 0 Å². The summed E-state index contributed by atoms with van der Waals surface area (Å²) in [6.07, 6.45) is -2.24. The van der Waals surface area contributed by atoms with Gasteiger partial charge in [0.2, 0.25) is 0 Å². The molecule has 0 bridgehead atoms. The molecule has 0 nitrogen and oxygen atoms in total. The van der Waals surface area contributed by atoms with Crippen LogP contribution in [-0.2, 0) is 16.5 Å². The van der Waals surface area contributed by atoms with Gasteiger partial charge >= 0.3 is 6.08 Å². The molecule has 0 radical (unpaired) electrons. The summed E-state index contributed by atoms with van der Waals surface area (Å²) in [6, 6.07) is 0. The van der Waals surface area contributed by atoms with Gasteiger partial charge in [-0.15, -0.1) is 0 Å². The summed E-state index contributed by atoms with van der Waals surface area (Å²) in [5.74, 6) is -1.41. The zero-order valence-electron chi connectivity index (χ0n) is 3.45. The summed E-state index contributed by atoms with van der Waals surface area (Å²) in [5.41, 5.74) is 0. The Bertz CT molecular complexity index is 60.2. The zero-order valence-corrected chi connectivity index (χ0v) is 4.44. The first-order valence-corrected chi connectivity index (χ1v) is 1.32. The van der Waals surface area contributed by atoms with E-state index in [1.165, 1.54) is 0 Å². The Morgan fingerprint density at radius 1 is 1.14 bits per heavy atom. The molecule has 0 aromatic rings. The molecular weight excluding hydrogens is 152 g/mol. The van der Waals surface area contributed by atoms with Gasteiger partial charge in [0.15, 0.2) is 5.83 Å². The van der Waals surface area contributed by atoms with Gasteiger partial charge in [-0.2, -0.15) is 8.78 Å². The van der Waals surface area contributed by atoms with Crippen molar-refractivity contribution in [1.82, 2.24) is 0 Å². The third kappa shape index (κ3) is 6.02. The Morgan fingerprint density at radius 2 is 1.29 bits per heavy atom. The molecule has 0 N–H and O–H groups in total. The third-order valence-corrected chi connectivity index (χ3v) is 0.260. The Kier molecular flexibility index (Phi) is 6.04. The van der Waals surface area contributed by atoms with Crippen LogP contribution < -0.4 is 0 Å². The predicted molar refractivity (Wildman–Crippen MR) is 16.0 cm³/mol. The van der Waals surface area contributed by atoms with E-state index in [9.17, 15) is 13.2 Å². The molecule has 7 heavy (non-hydrogen) atoms. The SMILES string of the molecule is CC(F)=C(F)F.[Ni]. The normalized spacial score (nSPS) is 6.86. The standard InChI is InChI=1S/C3H3F3.Ni/c1-2(4)3(5)6;/h1H3;. The molecule has 0 rings (SSSR count). The Hall–Kier alpha value is 0.0235. The second kappa shape index (κ2) is 4.19. The number of allylic oxidation sites excluding steroid dienone is 1. The van der Waals surface area contributed by atoms with Gasteiger partial charge in [-0.05, 0) is 6.92 Å². The summed E-state index contributed by atoms with van der Waals surface area (Å²) >= 11 is 0. The number of halogens is 3. The van der Waals surface area contributed by atoms with Crippen LogP contribution in [0.25, 0.3) is 0 Å². The first kappa shape index (κ1) is 10.1. The van der Waals surface area contributed by atoms with Crippen LogP contribution in [0.1, 0.15) is 6.92 Å². The largest absolute Gasteiger partial charge is 0.301 e. The summed E-state index contributed by atoms with van der Waals surface area (Å²) in [4.78, 5) is 0. The van der Waals surface area contributed by atoms with Gasteiger partial charge < -0.3 is 0 Å². The van der Waals surface area contributed by atoms with E-state index in [1.807, 2.05) is 0 Å². The van der Waals surface area contributed by atoms with Crippen molar-refractivity contribution >= 4 is 0 Å². The molecule has 0 fully saturated rings. The molecule has 0 saturated carbocycles. The first-order chi connectivity index (χ1) is 2.64. The van der Waals surface area contributed by atoms with Crippen molar-refractivity contribution in [3.8, 4) is 0 Å². The van der Waals surface area contributed by atoms with Crippen molar-refractivity contribution in [2.45, 2.75) is 6.92 Å². The second-order valence-corrected chi connectivity index (χ2v) is 0.794. The van der Waals surface area contributed by atoms with Crippen LogP contribution in [0.2, 0.25) is 0 Å². The zero-order chi connectivity index (χ0) is 5.15. The van der Waals surface area contributed by atoms with Crippen LogP contribution in [0, 0.1) is 0 Å². The van der Waals surface area contributed by atoms with Crippen molar-refractivity contribution in [1.29, 1.82) is 0 Å². The van der Waals surface area contributed by atoms with E-state index in [-0.39, 0.29) is 16.5 Å². The fourth-order valence-corrected chi connectivity index (χ4v) is 0. The fraction of sp³-hybridized carbons (Fsp3) is 0.333. The maximum absolute atomic E-state index is 11.0. The molecule has 0 aliphatic carbocycles. The van der Waals surface area contributed by atoms with Gasteiger partial charge in [0.05, 0.1) is 0 Å². The van der Waals surface area contributed by atoms with E-state index in [0.29, 0.717) is 6.92 Å². The maximum atomic E-state index is 11.0. The molecule has 0 aromatic carbocycles. The second-order valence-electron chi connectivity index (χ2n) is 0.794. The van der Waals surface area contributed by atoms with Gasteiger partial charge in [-0.1, -0.05) is 0 Å². The smallest absolute Gasteiger partial charge is 0.206 e. The minimum absolute atomic E-state index is 0. The number of rotatable bonds is 0. The van der Waals surface area contributed by atoms with Crippen molar-refractivity contribution in [3.63, 3.8) is 0 Å². The van der Waals surface area contributed by atoms with Gasteiger partial charge in [-0.3, -0.25) is 0 Å². The van der Waals surface area contributed by atoms with E-state index in [2.05, 4.69) is 0 Å². The average Bonchev–Trinajstić information content (AvgIpc) is 1.36. The molecule has 0 atom stereocenters. The predicted octanol–water partition coefficient (Wildman–Crippen LogP) is 2.08. The van der Waals surface area contributed by atoms with Crippen LogP contribution in [-0.4, -0.2) is 0 Å². The fourth-order valence-electron chi connectivity index (χ4n) is 0. The summed E-state index contributed by atoms with van der Waals surface area (Å²) in [5, 5.41) is 0. The molecule has 0 aliphatic rings. The van der Waals surface area contributed by atoms with Crippen LogP contribution in [0.15, 0.2) is 11.9 Å². The molecule has 0 aromatic heterocycles.